The van der Waals surface area contributed by atoms with Crippen LogP contribution in [0.25, 0.3) is 0 Å². The van der Waals surface area contributed by atoms with Gasteiger partial charge in [-0.25, -0.2) is 8.78 Å². The van der Waals surface area contributed by atoms with Gasteiger partial charge in [0, 0.05) is 5.69 Å². The van der Waals surface area contributed by atoms with Gasteiger partial charge in [-0.1, -0.05) is 0 Å². The van der Waals surface area contributed by atoms with Gasteiger partial charge in [0.2, 0.25) is 0 Å². The number of amides is 1. The van der Waals surface area contributed by atoms with Crippen molar-refractivity contribution in [2.45, 2.75) is 13.8 Å². The van der Waals surface area contributed by atoms with Gasteiger partial charge >= 0.3 is 0 Å². The molecule has 2 rings (SSSR count). The fourth-order valence-corrected chi connectivity index (χ4v) is 1.80. The standard InChI is InChI=1S/C14H13F2N3O/c1-7-3-4-9(8(2)18-7)14(20)19-13-11(17)6-5-10(15)12(13)16/h3-6H,17H2,1-2H3,(H,19,20). The van der Waals surface area contributed by atoms with Crippen molar-refractivity contribution in [1.82, 2.24) is 4.98 Å². The van der Waals surface area contributed by atoms with Crippen molar-refractivity contribution in [1.29, 1.82) is 0 Å². The summed E-state index contributed by atoms with van der Waals surface area (Å²) in [6.45, 7) is 3.45. The molecule has 104 valence electrons. The lowest BCUT2D eigenvalue weighted by molar-refractivity contribution is 0.102. The number of benzene rings is 1. The number of hydrogen-bond acceptors (Lipinski definition) is 3. The molecule has 4 nitrogen and oxygen atoms in total. The smallest absolute Gasteiger partial charge is 0.257 e. The Morgan fingerprint density at radius 3 is 2.55 bits per heavy atom. The minimum Gasteiger partial charge on any atom is -0.397 e. The molecule has 20 heavy (non-hydrogen) atoms. The maximum atomic E-state index is 13.6. The second-order valence-corrected chi connectivity index (χ2v) is 4.37. The highest BCUT2D eigenvalue weighted by atomic mass is 19.2. The molecule has 0 atom stereocenters. The van der Waals surface area contributed by atoms with Crippen LogP contribution in [0.3, 0.4) is 0 Å². The van der Waals surface area contributed by atoms with Gasteiger partial charge < -0.3 is 11.1 Å². The Hall–Kier alpha value is -2.50. The molecular weight excluding hydrogens is 264 g/mol. The average Bonchev–Trinajstić information content (AvgIpc) is 2.39. The summed E-state index contributed by atoms with van der Waals surface area (Å²) in [5.41, 5.74) is 6.66. The number of carbonyl (C=O) groups excluding carboxylic acids is 1. The first-order valence-electron chi connectivity index (χ1n) is 5.89. The highest BCUT2D eigenvalue weighted by molar-refractivity contribution is 6.06. The van der Waals surface area contributed by atoms with E-state index < -0.39 is 17.5 Å². The van der Waals surface area contributed by atoms with Gasteiger partial charge in [0.25, 0.3) is 5.91 Å². The number of nitrogens with one attached hydrogen (secondary N) is 1. The number of anilines is 2. The second kappa shape index (κ2) is 5.24. The summed E-state index contributed by atoms with van der Waals surface area (Å²) >= 11 is 0. The van der Waals surface area contributed by atoms with Gasteiger partial charge in [0.15, 0.2) is 11.6 Å². The van der Waals surface area contributed by atoms with Crippen LogP contribution in [0, 0.1) is 25.5 Å². The molecule has 2 aromatic rings. The number of carbonyl (C=O) groups is 1. The summed E-state index contributed by atoms with van der Waals surface area (Å²) in [6, 6.07) is 5.32. The third-order valence-corrected chi connectivity index (χ3v) is 2.84. The number of aromatic nitrogens is 1. The molecule has 0 aliphatic heterocycles. The van der Waals surface area contributed by atoms with Gasteiger partial charge in [-0.3, -0.25) is 9.78 Å². The molecule has 0 saturated heterocycles. The SMILES string of the molecule is Cc1ccc(C(=O)Nc2c(N)ccc(F)c2F)c(C)n1. The number of hydrogen-bond donors (Lipinski definition) is 2. The van der Waals surface area contributed by atoms with Crippen LogP contribution in [0.15, 0.2) is 24.3 Å². The summed E-state index contributed by atoms with van der Waals surface area (Å²) in [5.74, 6) is -2.85. The maximum Gasteiger partial charge on any atom is 0.257 e. The Bertz CT molecular complexity index is 686. The van der Waals surface area contributed by atoms with E-state index >= 15 is 0 Å². The molecule has 3 N–H and O–H groups in total. The number of nitrogens with zero attached hydrogens (tertiary/aromatic N) is 1. The molecule has 0 fully saturated rings. The minimum atomic E-state index is -1.18. The van der Waals surface area contributed by atoms with Crippen molar-refractivity contribution >= 4 is 17.3 Å². The molecule has 0 unspecified atom stereocenters. The Kier molecular flexibility index (Phi) is 3.65. The first kappa shape index (κ1) is 13.9. The molecule has 0 saturated carbocycles. The summed E-state index contributed by atoms with van der Waals surface area (Å²) in [7, 11) is 0. The van der Waals surface area contributed by atoms with Crippen molar-refractivity contribution in [3.8, 4) is 0 Å². The number of nitrogen functional groups attached to an aromatic ring is 1. The lowest BCUT2D eigenvalue weighted by Crippen LogP contribution is -2.17. The van der Waals surface area contributed by atoms with Crippen molar-refractivity contribution < 1.29 is 13.6 Å². The monoisotopic (exact) mass is 277 g/mol. The van der Waals surface area contributed by atoms with Crippen molar-refractivity contribution in [3.63, 3.8) is 0 Å². The zero-order valence-corrected chi connectivity index (χ0v) is 11.0. The van der Waals surface area contributed by atoms with Gasteiger partial charge in [-0.15, -0.1) is 0 Å². The van der Waals surface area contributed by atoms with Crippen LogP contribution in [0.5, 0.6) is 0 Å². The first-order chi connectivity index (χ1) is 9.40. The molecule has 0 aliphatic rings. The summed E-state index contributed by atoms with van der Waals surface area (Å²) in [5, 5.41) is 2.28. The Balaban J connectivity index is 2.35. The number of pyridine rings is 1. The van der Waals surface area contributed by atoms with E-state index in [0.717, 1.165) is 11.8 Å². The van der Waals surface area contributed by atoms with Gasteiger partial charge in [-0.2, -0.15) is 0 Å². The topological polar surface area (TPSA) is 68.0 Å². The van der Waals surface area contributed by atoms with Gasteiger partial charge in [0.05, 0.1) is 16.9 Å². The largest absolute Gasteiger partial charge is 0.397 e. The number of halogens is 2. The lowest BCUT2D eigenvalue weighted by Gasteiger charge is -2.11. The normalized spacial score (nSPS) is 10.4. The quantitative estimate of drug-likeness (QED) is 0.829. The van der Waals surface area contributed by atoms with Crippen molar-refractivity contribution in [2.24, 2.45) is 0 Å². The zero-order valence-electron chi connectivity index (χ0n) is 11.0. The first-order valence-corrected chi connectivity index (χ1v) is 5.89. The maximum absolute atomic E-state index is 13.6. The highest BCUT2D eigenvalue weighted by Crippen LogP contribution is 2.25. The second-order valence-electron chi connectivity index (χ2n) is 4.37. The third-order valence-electron chi connectivity index (χ3n) is 2.84. The molecule has 1 aromatic heterocycles. The van der Waals surface area contributed by atoms with Crippen LogP contribution in [0.2, 0.25) is 0 Å². The predicted octanol–water partition coefficient (Wildman–Crippen LogP) is 2.81. The van der Waals surface area contributed by atoms with E-state index in [1.807, 2.05) is 0 Å². The number of nitrogens with two attached hydrogens (primary N) is 1. The van der Waals surface area contributed by atoms with E-state index in [-0.39, 0.29) is 16.9 Å². The number of aryl methyl sites for hydroxylation is 2. The summed E-state index contributed by atoms with van der Waals surface area (Å²) in [6.07, 6.45) is 0. The summed E-state index contributed by atoms with van der Waals surface area (Å²) in [4.78, 5) is 16.2. The van der Waals surface area contributed by atoms with Gasteiger partial charge in [-0.05, 0) is 38.1 Å². The molecule has 6 heteroatoms. The van der Waals surface area contributed by atoms with E-state index in [9.17, 15) is 13.6 Å². The van der Waals surface area contributed by atoms with E-state index in [4.69, 9.17) is 5.73 Å². The van der Waals surface area contributed by atoms with E-state index in [1.54, 1.807) is 26.0 Å². The molecule has 0 spiro atoms. The van der Waals surface area contributed by atoms with Crippen molar-refractivity contribution in [2.75, 3.05) is 11.1 Å². The van der Waals surface area contributed by atoms with Gasteiger partial charge in [0.1, 0.15) is 5.69 Å². The molecule has 1 amide bonds. The fourth-order valence-electron chi connectivity index (χ4n) is 1.80. The summed E-state index contributed by atoms with van der Waals surface area (Å²) < 4.78 is 26.8. The molecular formula is C14H13F2N3O. The fraction of sp³-hybridized carbons (Fsp3) is 0.143. The minimum absolute atomic E-state index is 0.0463. The van der Waals surface area contributed by atoms with E-state index in [2.05, 4.69) is 10.3 Å². The Morgan fingerprint density at radius 2 is 1.90 bits per heavy atom. The van der Waals surface area contributed by atoms with Crippen LogP contribution in [0.1, 0.15) is 21.7 Å². The van der Waals surface area contributed by atoms with Crippen LogP contribution in [-0.2, 0) is 0 Å². The van der Waals surface area contributed by atoms with Crippen LogP contribution < -0.4 is 11.1 Å². The van der Waals surface area contributed by atoms with Crippen molar-refractivity contribution in [3.05, 3.63) is 52.9 Å². The predicted molar refractivity (Wildman–Crippen MR) is 72.4 cm³/mol. The van der Waals surface area contributed by atoms with Crippen LogP contribution >= 0.6 is 0 Å². The van der Waals surface area contributed by atoms with E-state index in [0.29, 0.717) is 5.69 Å². The highest BCUT2D eigenvalue weighted by Gasteiger charge is 2.17. The van der Waals surface area contributed by atoms with E-state index in [1.165, 1.54) is 6.07 Å². The molecule has 0 radical (unpaired) electrons. The zero-order chi connectivity index (χ0) is 14.9. The third kappa shape index (κ3) is 2.59. The van der Waals surface area contributed by atoms with Crippen LogP contribution in [-0.4, -0.2) is 10.9 Å². The molecule has 0 aliphatic carbocycles. The average molecular weight is 277 g/mol. The Morgan fingerprint density at radius 1 is 1.20 bits per heavy atom. The molecule has 1 heterocycles. The molecule has 1 aromatic carbocycles. The Labute approximate surface area is 114 Å². The molecule has 0 bridgehead atoms. The number of rotatable bonds is 2. The van der Waals surface area contributed by atoms with Crippen LogP contribution in [0.4, 0.5) is 20.2 Å². The lowest BCUT2D eigenvalue weighted by atomic mass is 10.1.